The van der Waals surface area contributed by atoms with Crippen molar-refractivity contribution in [3.8, 4) is 0 Å². The van der Waals surface area contributed by atoms with E-state index >= 15 is 0 Å². The monoisotopic (exact) mass is 515 g/mol. The normalized spacial score (nSPS) is 43.7. The van der Waals surface area contributed by atoms with Crippen molar-refractivity contribution in [2.45, 2.75) is 95.0 Å². The van der Waals surface area contributed by atoms with Gasteiger partial charge in [0.25, 0.3) is 0 Å². The largest absolute Gasteiger partial charge is 0.360 e. The van der Waals surface area contributed by atoms with Gasteiger partial charge in [0, 0.05) is 37.4 Å². The topological polar surface area (TPSA) is 56.2 Å². The average Bonchev–Trinajstić information content (AvgIpc) is 3.20. The third-order valence-corrected chi connectivity index (χ3v) is 10.6. The van der Waals surface area contributed by atoms with E-state index < -0.39 is 6.17 Å². The van der Waals surface area contributed by atoms with Crippen LogP contribution in [0.15, 0.2) is 0 Å². The molecule has 0 radical (unpaired) electrons. The van der Waals surface area contributed by atoms with E-state index in [0.29, 0.717) is 42.6 Å². The lowest BCUT2D eigenvalue weighted by molar-refractivity contribution is -0.128. The summed E-state index contributed by atoms with van der Waals surface area (Å²) >= 11 is 12.7. The molecule has 3 saturated carbocycles. The molecule has 0 bridgehead atoms. The summed E-state index contributed by atoms with van der Waals surface area (Å²) in [6, 6.07) is 0. The van der Waals surface area contributed by atoms with Gasteiger partial charge in [-0.1, -0.05) is 13.8 Å². The van der Waals surface area contributed by atoms with Gasteiger partial charge in [0.1, 0.15) is 6.17 Å². The van der Waals surface area contributed by atoms with Gasteiger partial charge in [-0.15, -0.1) is 23.2 Å². The molecule has 1 heterocycles. The van der Waals surface area contributed by atoms with Gasteiger partial charge in [0.05, 0.1) is 11.2 Å². The number of hydrogen-bond acceptors (Lipinski definition) is 2. The zero-order valence-corrected chi connectivity index (χ0v) is 22.5. The zero-order chi connectivity index (χ0) is 24.4. The van der Waals surface area contributed by atoms with E-state index in [-0.39, 0.29) is 28.5 Å². The second kappa shape index (κ2) is 11.7. The van der Waals surface area contributed by atoms with Gasteiger partial charge in [-0.05, 0) is 93.3 Å². The molecule has 0 spiro atoms. The van der Waals surface area contributed by atoms with E-state index in [1.807, 2.05) is 0 Å². The molecule has 1 amide bonds. The Morgan fingerprint density at radius 2 is 1.82 bits per heavy atom. The Hall–Kier alpha value is -0.550. The van der Waals surface area contributed by atoms with Gasteiger partial charge in [-0.2, -0.15) is 0 Å². The van der Waals surface area contributed by atoms with Gasteiger partial charge >= 0.3 is 0 Å². The zero-order valence-electron chi connectivity index (χ0n) is 21.0. The smallest absolute Gasteiger partial charge is 0.223 e. The van der Waals surface area contributed by atoms with E-state index in [4.69, 9.17) is 28.6 Å². The van der Waals surface area contributed by atoms with Crippen LogP contribution >= 0.6 is 23.2 Å². The lowest BCUT2D eigenvalue weighted by Crippen LogP contribution is -2.44. The molecule has 4 fully saturated rings. The Balaban J connectivity index is 1.40. The minimum absolute atomic E-state index is 0.00866. The fourth-order valence-electron chi connectivity index (χ4n) is 7.40. The van der Waals surface area contributed by atoms with Crippen LogP contribution in [-0.4, -0.2) is 53.2 Å². The van der Waals surface area contributed by atoms with Crippen molar-refractivity contribution in [3.63, 3.8) is 0 Å². The number of likely N-dealkylation sites (tertiary alicyclic amines) is 1. The fraction of sp³-hybridized carbons (Fsp3) is 0.926. The average molecular weight is 517 g/mol. The highest BCUT2D eigenvalue weighted by atomic mass is 35.5. The molecule has 0 aromatic carbocycles. The second-order valence-corrected chi connectivity index (χ2v) is 13.2. The molecule has 4 nitrogen and oxygen atoms in total. The van der Waals surface area contributed by atoms with E-state index in [0.717, 1.165) is 76.7 Å². The van der Waals surface area contributed by atoms with Crippen molar-refractivity contribution in [1.29, 1.82) is 5.41 Å². The molecular formula is C27H44Cl2FN3O. The highest BCUT2D eigenvalue weighted by molar-refractivity contribution is 6.30. The summed E-state index contributed by atoms with van der Waals surface area (Å²) in [6.45, 7) is 6.83. The van der Waals surface area contributed by atoms with Crippen LogP contribution in [0, 0.1) is 46.8 Å². The summed E-state index contributed by atoms with van der Waals surface area (Å²) in [6.07, 6.45) is 8.59. The minimum atomic E-state index is -0.691. The number of carbonyl (C=O) groups excluding carboxylic acids is 1. The lowest BCUT2D eigenvalue weighted by Gasteiger charge is -2.45. The molecule has 10 atom stereocenters. The number of carbonyl (C=O) groups is 1. The van der Waals surface area contributed by atoms with Crippen molar-refractivity contribution >= 4 is 34.9 Å². The first-order valence-electron chi connectivity index (χ1n) is 13.7. The van der Waals surface area contributed by atoms with Crippen molar-refractivity contribution < 1.29 is 9.18 Å². The Labute approximate surface area is 215 Å². The predicted octanol–water partition coefficient (Wildman–Crippen LogP) is 6.24. The molecule has 1 saturated heterocycles. The van der Waals surface area contributed by atoms with Crippen LogP contribution in [-0.2, 0) is 4.79 Å². The van der Waals surface area contributed by atoms with Gasteiger partial charge in [0.2, 0.25) is 5.91 Å². The van der Waals surface area contributed by atoms with Crippen LogP contribution in [0.5, 0.6) is 0 Å². The first kappa shape index (κ1) is 26.5. The number of rotatable bonds is 6. The number of amidine groups is 1. The molecule has 10 unspecified atom stereocenters. The molecular weight excluding hydrogens is 472 g/mol. The maximum atomic E-state index is 14.4. The molecule has 7 heteroatoms. The van der Waals surface area contributed by atoms with Crippen LogP contribution < -0.4 is 5.32 Å². The molecule has 4 aliphatic rings. The third kappa shape index (κ3) is 6.41. The Kier molecular flexibility index (Phi) is 9.10. The second-order valence-electron chi connectivity index (χ2n) is 12.1. The molecule has 194 valence electrons. The van der Waals surface area contributed by atoms with E-state index in [2.05, 4.69) is 24.1 Å². The summed E-state index contributed by atoms with van der Waals surface area (Å²) in [4.78, 5) is 15.6. The van der Waals surface area contributed by atoms with Crippen LogP contribution in [0.2, 0.25) is 0 Å². The molecule has 3 aliphatic carbocycles. The van der Waals surface area contributed by atoms with Gasteiger partial charge in [0.15, 0.2) is 0 Å². The fourth-order valence-corrected chi connectivity index (χ4v) is 8.01. The summed E-state index contributed by atoms with van der Waals surface area (Å²) in [5.74, 6) is 3.24. The highest BCUT2D eigenvalue weighted by Gasteiger charge is 2.42. The SMILES string of the molecule is CC1CC(C2CC(CN3CCCC3=N)CC(C(=O)NCC3CCC(Cl)C(Cl)C3)C2)C(C)CC1F. The Morgan fingerprint density at radius 1 is 1.03 bits per heavy atom. The highest BCUT2D eigenvalue weighted by Crippen LogP contribution is 2.47. The van der Waals surface area contributed by atoms with Crippen molar-refractivity contribution in [1.82, 2.24) is 10.2 Å². The molecule has 4 rings (SSSR count). The summed E-state index contributed by atoms with van der Waals surface area (Å²) in [7, 11) is 0. The molecule has 2 N–H and O–H groups in total. The summed E-state index contributed by atoms with van der Waals surface area (Å²) in [5, 5.41) is 11.6. The van der Waals surface area contributed by atoms with Crippen LogP contribution in [0.1, 0.15) is 78.1 Å². The molecule has 0 aromatic rings. The van der Waals surface area contributed by atoms with Crippen molar-refractivity contribution in [2.75, 3.05) is 19.6 Å². The molecule has 34 heavy (non-hydrogen) atoms. The lowest BCUT2D eigenvalue weighted by atomic mass is 9.62. The van der Waals surface area contributed by atoms with E-state index in [9.17, 15) is 9.18 Å². The maximum absolute atomic E-state index is 14.4. The summed E-state index contributed by atoms with van der Waals surface area (Å²) < 4.78 is 14.4. The van der Waals surface area contributed by atoms with Gasteiger partial charge in [-0.25, -0.2) is 4.39 Å². The standard InChI is InChI=1S/C27H44Cl2FN3O/c1-16-9-25(30)17(2)8-22(16)20-10-19(15-33-7-3-4-26(33)31)11-21(13-20)27(34)32-14-18-5-6-23(28)24(29)12-18/h16-25,31H,3-15H2,1-2H3,(H,32,34). The van der Waals surface area contributed by atoms with Crippen LogP contribution in [0.4, 0.5) is 4.39 Å². The number of amides is 1. The Morgan fingerprint density at radius 3 is 2.53 bits per heavy atom. The number of hydrogen-bond donors (Lipinski definition) is 2. The number of nitrogens with zero attached hydrogens (tertiary/aromatic N) is 1. The molecule has 0 aromatic heterocycles. The minimum Gasteiger partial charge on any atom is -0.360 e. The predicted molar refractivity (Wildman–Crippen MR) is 138 cm³/mol. The van der Waals surface area contributed by atoms with Gasteiger partial charge in [-0.3, -0.25) is 10.2 Å². The van der Waals surface area contributed by atoms with Gasteiger partial charge < -0.3 is 10.2 Å². The molecule has 1 aliphatic heterocycles. The Bertz CT molecular complexity index is 724. The van der Waals surface area contributed by atoms with E-state index in [1.165, 1.54) is 0 Å². The quantitative estimate of drug-likeness (QED) is 0.411. The number of alkyl halides is 3. The van der Waals surface area contributed by atoms with Crippen molar-refractivity contribution in [2.24, 2.45) is 41.4 Å². The third-order valence-electron chi connectivity index (χ3n) is 9.48. The number of halogens is 3. The first-order chi connectivity index (χ1) is 16.2. The first-order valence-corrected chi connectivity index (χ1v) is 14.6. The van der Waals surface area contributed by atoms with Crippen molar-refractivity contribution in [3.05, 3.63) is 0 Å². The van der Waals surface area contributed by atoms with Crippen LogP contribution in [0.25, 0.3) is 0 Å². The summed E-state index contributed by atoms with van der Waals surface area (Å²) in [5.41, 5.74) is 0. The van der Waals surface area contributed by atoms with Crippen LogP contribution in [0.3, 0.4) is 0 Å². The van der Waals surface area contributed by atoms with E-state index in [1.54, 1.807) is 0 Å². The maximum Gasteiger partial charge on any atom is 0.223 e. The number of nitrogens with one attached hydrogen (secondary N) is 2.